The molecule has 3 rings (SSSR count). The molecule has 8 heteroatoms. The van der Waals surface area contributed by atoms with Gasteiger partial charge in [0.1, 0.15) is 0 Å². The van der Waals surface area contributed by atoms with Crippen molar-refractivity contribution in [2.45, 2.75) is 13.0 Å². The molecule has 130 valence electrons. The lowest BCUT2D eigenvalue weighted by molar-refractivity contribution is -0.128. The van der Waals surface area contributed by atoms with Crippen LogP contribution in [-0.4, -0.2) is 62.3 Å². The first-order valence-corrected chi connectivity index (χ1v) is 8.28. The molecule has 0 bridgehead atoms. The summed E-state index contributed by atoms with van der Waals surface area (Å²) in [6.45, 7) is 6.80. The van der Waals surface area contributed by atoms with Crippen LogP contribution < -0.4 is 0 Å². The van der Waals surface area contributed by atoms with Crippen LogP contribution in [0.1, 0.15) is 17.4 Å². The maximum absolute atomic E-state index is 12.7. The Morgan fingerprint density at radius 1 is 1.36 bits per heavy atom. The molecule has 0 radical (unpaired) electrons. The van der Waals surface area contributed by atoms with Crippen LogP contribution in [0.5, 0.6) is 0 Å². The molecule has 1 aliphatic heterocycles. The molecule has 1 fully saturated rings. The van der Waals surface area contributed by atoms with E-state index in [1.54, 1.807) is 34.2 Å². The summed E-state index contributed by atoms with van der Waals surface area (Å²) in [6, 6.07) is 7.03. The van der Waals surface area contributed by atoms with Crippen molar-refractivity contribution in [3.8, 4) is 5.69 Å². The molecule has 0 N–H and O–H groups in total. The first-order valence-electron chi connectivity index (χ1n) is 7.90. The topological polar surface area (TPSA) is 71.3 Å². The Kier molecular flexibility index (Phi) is 4.85. The molecule has 0 spiro atoms. The first-order chi connectivity index (χ1) is 12.0. The number of carbonyl (C=O) groups excluding carboxylic acids is 2. The molecule has 1 atom stereocenters. The Hall–Kier alpha value is -2.67. The standard InChI is InChI=1S/C17H18ClN5O2/c1-3-16(24)21-7-8-22(12(2)10-21)17(25)15-11-23(20-19-15)14-6-4-5-13(18)9-14/h3-6,9,11-12H,1,7-8,10H2,2H3/t12-/m0/s1. The highest BCUT2D eigenvalue weighted by atomic mass is 35.5. The summed E-state index contributed by atoms with van der Waals surface area (Å²) in [5, 5.41) is 8.57. The molecule has 0 aliphatic carbocycles. The van der Waals surface area contributed by atoms with Gasteiger partial charge in [-0.1, -0.05) is 29.5 Å². The van der Waals surface area contributed by atoms with Gasteiger partial charge in [0, 0.05) is 30.7 Å². The second kappa shape index (κ2) is 7.06. The average Bonchev–Trinajstić information content (AvgIpc) is 3.10. The molecule has 0 saturated carbocycles. The van der Waals surface area contributed by atoms with Crippen molar-refractivity contribution in [1.82, 2.24) is 24.8 Å². The normalized spacial score (nSPS) is 17.4. The highest BCUT2D eigenvalue weighted by Gasteiger charge is 2.30. The molecule has 25 heavy (non-hydrogen) atoms. The van der Waals surface area contributed by atoms with E-state index in [0.717, 1.165) is 5.69 Å². The third kappa shape index (κ3) is 3.56. The highest BCUT2D eigenvalue weighted by molar-refractivity contribution is 6.30. The van der Waals surface area contributed by atoms with Gasteiger partial charge in [0.2, 0.25) is 5.91 Å². The zero-order valence-corrected chi connectivity index (χ0v) is 14.6. The largest absolute Gasteiger partial charge is 0.335 e. The lowest BCUT2D eigenvalue weighted by atomic mass is 10.1. The van der Waals surface area contributed by atoms with Crippen LogP contribution in [0.3, 0.4) is 0 Å². The summed E-state index contributed by atoms with van der Waals surface area (Å²) >= 11 is 5.98. The zero-order chi connectivity index (χ0) is 18.0. The number of nitrogens with zero attached hydrogens (tertiary/aromatic N) is 5. The van der Waals surface area contributed by atoms with Crippen molar-refractivity contribution < 1.29 is 9.59 Å². The van der Waals surface area contributed by atoms with E-state index in [4.69, 9.17) is 11.6 Å². The summed E-state index contributed by atoms with van der Waals surface area (Å²) in [6.07, 6.45) is 2.88. The van der Waals surface area contributed by atoms with Crippen LogP contribution in [0.4, 0.5) is 0 Å². The van der Waals surface area contributed by atoms with Crippen LogP contribution in [0.2, 0.25) is 5.02 Å². The van der Waals surface area contributed by atoms with E-state index in [-0.39, 0.29) is 23.6 Å². The van der Waals surface area contributed by atoms with Crippen molar-refractivity contribution in [2.24, 2.45) is 0 Å². The van der Waals surface area contributed by atoms with Gasteiger partial charge in [0.25, 0.3) is 5.91 Å². The number of amides is 2. The van der Waals surface area contributed by atoms with Crippen LogP contribution in [-0.2, 0) is 4.79 Å². The molecule has 2 heterocycles. The van der Waals surface area contributed by atoms with Gasteiger partial charge in [0.15, 0.2) is 5.69 Å². The monoisotopic (exact) mass is 359 g/mol. The minimum absolute atomic E-state index is 0.110. The van der Waals surface area contributed by atoms with Gasteiger partial charge in [0.05, 0.1) is 11.9 Å². The van der Waals surface area contributed by atoms with E-state index in [9.17, 15) is 9.59 Å². The quantitative estimate of drug-likeness (QED) is 0.783. The fourth-order valence-corrected chi connectivity index (χ4v) is 3.03. The Labute approximate surface area is 150 Å². The maximum Gasteiger partial charge on any atom is 0.276 e. The summed E-state index contributed by atoms with van der Waals surface area (Å²) in [5.41, 5.74) is 0.990. The van der Waals surface area contributed by atoms with E-state index in [1.165, 1.54) is 10.8 Å². The second-order valence-electron chi connectivity index (χ2n) is 5.86. The van der Waals surface area contributed by atoms with Crippen molar-refractivity contribution in [3.05, 3.63) is 53.8 Å². The lowest BCUT2D eigenvalue weighted by Crippen LogP contribution is -2.55. The van der Waals surface area contributed by atoms with Crippen LogP contribution in [0, 0.1) is 0 Å². The number of rotatable bonds is 3. The zero-order valence-electron chi connectivity index (χ0n) is 13.8. The van der Waals surface area contributed by atoms with E-state index in [0.29, 0.717) is 24.7 Å². The van der Waals surface area contributed by atoms with Gasteiger partial charge in [-0.15, -0.1) is 5.10 Å². The fraction of sp³-hybridized carbons (Fsp3) is 0.294. The van der Waals surface area contributed by atoms with Crippen molar-refractivity contribution in [3.63, 3.8) is 0 Å². The molecule has 1 aliphatic rings. The van der Waals surface area contributed by atoms with Crippen LogP contribution in [0.25, 0.3) is 5.69 Å². The maximum atomic E-state index is 12.7. The van der Waals surface area contributed by atoms with Gasteiger partial charge in [-0.2, -0.15) is 0 Å². The number of benzene rings is 1. The third-order valence-electron chi connectivity index (χ3n) is 4.16. The fourth-order valence-electron chi connectivity index (χ4n) is 2.84. The highest BCUT2D eigenvalue weighted by Crippen LogP contribution is 2.16. The minimum atomic E-state index is -0.202. The molecule has 7 nitrogen and oxygen atoms in total. The Morgan fingerprint density at radius 3 is 2.84 bits per heavy atom. The molecule has 1 aromatic carbocycles. The van der Waals surface area contributed by atoms with Crippen LogP contribution >= 0.6 is 11.6 Å². The van der Waals surface area contributed by atoms with Crippen molar-refractivity contribution >= 4 is 23.4 Å². The predicted molar refractivity (Wildman–Crippen MR) is 93.6 cm³/mol. The van der Waals surface area contributed by atoms with E-state index in [1.807, 2.05) is 13.0 Å². The number of aromatic nitrogens is 3. The molecule has 1 aromatic heterocycles. The smallest absolute Gasteiger partial charge is 0.276 e. The lowest BCUT2D eigenvalue weighted by Gasteiger charge is -2.39. The van der Waals surface area contributed by atoms with E-state index >= 15 is 0 Å². The van der Waals surface area contributed by atoms with Crippen molar-refractivity contribution in [1.29, 1.82) is 0 Å². The Bertz CT molecular complexity index is 819. The van der Waals surface area contributed by atoms with Gasteiger partial charge >= 0.3 is 0 Å². The number of hydrogen-bond acceptors (Lipinski definition) is 4. The summed E-state index contributed by atoms with van der Waals surface area (Å²) in [5.74, 6) is -0.322. The van der Waals surface area contributed by atoms with Crippen LogP contribution in [0.15, 0.2) is 43.1 Å². The average molecular weight is 360 g/mol. The summed E-state index contributed by atoms with van der Waals surface area (Å²) in [7, 11) is 0. The Balaban J connectivity index is 1.74. The predicted octanol–water partition coefficient (Wildman–Crippen LogP) is 1.78. The molecular formula is C17H18ClN5O2. The molecule has 1 saturated heterocycles. The SMILES string of the molecule is C=CC(=O)N1CCN(C(=O)c2cn(-c3cccc(Cl)c3)nn2)[C@@H](C)C1. The van der Waals surface area contributed by atoms with Gasteiger partial charge in [-0.3, -0.25) is 9.59 Å². The molecular weight excluding hydrogens is 342 g/mol. The number of hydrogen-bond donors (Lipinski definition) is 0. The number of piperazine rings is 1. The van der Waals surface area contributed by atoms with E-state index in [2.05, 4.69) is 16.9 Å². The number of carbonyl (C=O) groups is 2. The van der Waals surface area contributed by atoms with Gasteiger partial charge in [-0.05, 0) is 31.2 Å². The minimum Gasteiger partial charge on any atom is -0.335 e. The summed E-state index contributed by atoms with van der Waals surface area (Å²) in [4.78, 5) is 27.8. The second-order valence-corrected chi connectivity index (χ2v) is 6.30. The number of halogens is 1. The third-order valence-corrected chi connectivity index (χ3v) is 4.39. The molecule has 0 unspecified atom stereocenters. The van der Waals surface area contributed by atoms with E-state index < -0.39 is 0 Å². The summed E-state index contributed by atoms with van der Waals surface area (Å²) < 4.78 is 1.52. The van der Waals surface area contributed by atoms with Gasteiger partial charge in [-0.25, -0.2) is 4.68 Å². The Morgan fingerprint density at radius 2 is 2.16 bits per heavy atom. The van der Waals surface area contributed by atoms with Gasteiger partial charge < -0.3 is 9.80 Å². The first kappa shape index (κ1) is 17.2. The molecule has 2 amide bonds. The van der Waals surface area contributed by atoms with Crippen molar-refractivity contribution in [2.75, 3.05) is 19.6 Å². The molecule has 2 aromatic rings.